The highest BCUT2D eigenvalue weighted by Crippen LogP contribution is 2.16. The van der Waals surface area contributed by atoms with Crippen LogP contribution in [-0.2, 0) is 14.3 Å². The zero-order valence-electron chi connectivity index (χ0n) is 13.0. The highest BCUT2D eigenvalue weighted by molar-refractivity contribution is 5.91. The molecule has 1 rings (SSSR count). The van der Waals surface area contributed by atoms with Gasteiger partial charge in [0.2, 0.25) is 5.91 Å². The molecule has 0 heterocycles. The average Bonchev–Trinajstić information content (AvgIpc) is 2.50. The number of carboxylic acids is 1. The van der Waals surface area contributed by atoms with Gasteiger partial charge in [0.05, 0.1) is 12.7 Å². The summed E-state index contributed by atoms with van der Waals surface area (Å²) >= 11 is 0. The van der Waals surface area contributed by atoms with E-state index < -0.39 is 5.97 Å². The Balaban J connectivity index is 2.32. The van der Waals surface area contributed by atoms with Gasteiger partial charge in [-0.25, -0.2) is 0 Å². The number of hydrogen-bond donors (Lipinski definition) is 2. The fourth-order valence-electron chi connectivity index (χ4n) is 1.58. The fraction of sp³-hybridized carbons (Fsp3) is 0.500. The average molecular weight is 309 g/mol. The zero-order valence-corrected chi connectivity index (χ0v) is 13.0. The number of nitrogens with one attached hydrogen (secondary N) is 1. The predicted molar refractivity (Wildman–Crippen MR) is 83.1 cm³/mol. The van der Waals surface area contributed by atoms with Gasteiger partial charge in [0, 0.05) is 12.1 Å². The Bertz CT molecular complexity index is 472. The first-order valence-corrected chi connectivity index (χ1v) is 7.37. The van der Waals surface area contributed by atoms with Crippen molar-refractivity contribution in [2.24, 2.45) is 0 Å². The molecule has 22 heavy (non-hydrogen) atoms. The smallest absolute Gasteiger partial charge is 0.303 e. The van der Waals surface area contributed by atoms with E-state index in [1.165, 1.54) is 0 Å². The van der Waals surface area contributed by atoms with Crippen LogP contribution in [0.2, 0.25) is 0 Å². The molecule has 0 spiro atoms. The van der Waals surface area contributed by atoms with Gasteiger partial charge in [0.15, 0.2) is 0 Å². The summed E-state index contributed by atoms with van der Waals surface area (Å²) in [7, 11) is 0. The standard InChI is InChI=1S/C16H23NO5/c1-3-12(2)22-11-15(18)17-13-6-8-14(9-7-13)21-10-4-5-16(19)20/h6-9,12H,3-5,10-11H2,1-2H3,(H,17,18)(H,19,20). The number of anilines is 1. The van der Waals surface area contributed by atoms with Gasteiger partial charge in [-0.3, -0.25) is 9.59 Å². The molecule has 0 fully saturated rings. The van der Waals surface area contributed by atoms with Gasteiger partial charge >= 0.3 is 5.97 Å². The van der Waals surface area contributed by atoms with E-state index in [9.17, 15) is 9.59 Å². The van der Waals surface area contributed by atoms with Gasteiger partial charge in [-0.1, -0.05) is 6.92 Å². The van der Waals surface area contributed by atoms with Gasteiger partial charge in [0.1, 0.15) is 12.4 Å². The van der Waals surface area contributed by atoms with Crippen molar-refractivity contribution in [1.82, 2.24) is 0 Å². The molecule has 0 saturated heterocycles. The molecular weight excluding hydrogens is 286 g/mol. The van der Waals surface area contributed by atoms with Crippen molar-refractivity contribution < 1.29 is 24.2 Å². The summed E-state index contributed by atoms with van der Waals surface area (Å²) < 4.78 is 10.8. The Hall–Kier alpha value is -2.08. The van der Waals surface area contributed by atoms with Crippen LogP contribution in [0.4, 0.5) is 5.69 Å². The van der Waals surface area contributed by atoms with E-state index in [1.807, 2.05) is 13.8 Å². The number of benzene rings is 1. The maximum absolute atomic E-state index is 11.7. The molecule has 0 aliphatic heterocycles. The van der Waals surface area contributed by atoms with Crippen LogP contribution in [0.1, 0.15) is 33.1 Å². The van der Waals surface area contributed by atoms with Crippen LogP contribution >= 0.6 is 0 Å². The van der Waals surface area contributed by atoms with Crippen molar-refractivity contribution in [2.75, 3.05) is 18.5 Å². The van der Waals surface area contributed by atoms with Gasteiger partial charge in [-0.2, -0.15) is 0 Å². The van der Waals surface area contributed by atoms with Crippen LogP contribution in [0, 0.1) is 0 Å². The molecule has 2 N–H and O–H groups in total. The summed E-state index contributed by atoms with van der Waals surface area (Å²) in [6.07, 6.45) is 1.47. The molecule has 0 radical (unpaired) electrons. The molecular formula is C16H23NO5. The topological polar surface area (TPSA) is 84.9 Å². The molecule has 0 bridgehead atoms. The summed E-state index contributed by atoms with van der Waals surface area (Å²) in [5, 5.41) is 11.3. The molecule has 1 aromatic rings. The summed E-state index contributed by atoms with van der Waals surface area (Å²) in [5.74, 6) is -0.393. The molecule has 1 amide bonds. The minimum absolute atomic E-state index is 0.0302. The van der Waals surface area contributed by atoms with Crippen molar-refractivity contribution in [3.8, 4) is 5.75 Å². The molecule has 0 aliphatic carbocycles. The van der Waals surface area contributed by atoms with E-state index in [2.05, 4.69) is 5.32 Å². The van der Waals surface area contributed by atoms with Gasteiger partial charge in [0.25, 0.3) is 0 Å². The minimum Gasteiger partial charge on any atom is -0.494 e. The van der Waals surface area contributed by atoms with E-state index in [0.717, 1.165) is 6.42 Å². The van der Waals surface area contributed by atoms with E-state index in [0.29, 0.717) is 24.5 Å². The number of carbonyl (C=O) groups is 2. The molecule has 6 heteroatoms. The largest absolute Gasteiger partial charge is 0.494 e. The zero-order chi connectivity index (χ0) is 16.4. The summed E-state index contributed by atoms with van der Waals surface area (Å²) in [4.78, 5) is 22.0. The first-order chi connectivity index (χ1) is 10.5. The molecule has 0 saturated carbocycles. The highest BCUT2D eigenvalue weighted by Gasteiger charge is 2.06. The first kappa shape index (κ1) is 18.0. The van der Waals surface area contributed by atoms with Crippen LogP contribution in [0.3, 0.4) is 0 Å². The van der Waals surface area contributed by atoms with E-state index in [4.69, 9.17) is 14.6 Å². The maximum Gasteiger partial charge on any atom is 0.303 e. The number of carboxylic acid groups (broad SMARTS) is 1. The third-order valence-electron chi connectivity index (χ3n) is 3.02. The van der Waals surface area contributed by atoms with Crippen LogP contribution < -0.4 is 10.1 Å². The van der Waals surface area contributed by atoms with E-state index in [1.54, 1.807) is 24.3 Å². The van der Waals surface area contributed by atoms with Crippen molar-refractivity contribution in [3.05, 3.63) is 24.3 Å². The summed E-state index contributed by atoms with van der Waals surface area (Å²) in [6, 6.07) is 6.92. The summed E-state index contributed by atoms with van der Waals surface area (Å²) in [5.41, 5.74) is 0.663. The van der Waals surface area contributed by atoms with Crippen molar-refractivity contribution >= 4 is 17.6 Å². The second-order valence-electron chi connectivity index (χ2n) is 4.95. The maximum atomic E-state index is 11.7. The Kier molecular flexibility index (Phi) is 7.99. The van der Waals surface area contributed by atoms with Crippen LogP contribution in [-0.4, -0.2) is 36.3 Å². The lowest BCUT2D eigenvalue weighted by molar-refractivity contribution is -0.137. The van der Waals surface area contributed by atoms with Gasteiger partial charge < -0.3 is 19.9 Å². The number of rotatable bonds is 10. The number of amides is 1. The normalized spacial score (nSPS) is 11.7. The Morgan fingerprint density at radius 3 is 2.55 bits per heavy atom. The molecule has 1 unspecified atom stereocenters. The number of ether oxygens (including phenoxy) is 2. The van der Waals surface area contributed by atoms with E-state index in [-0.39, 0.29) is 25.0 Å². The minimum atomic E-state index is -0.832. The second-order valence-corrected chi connectivity index (χ2v) is 4.95. The second kappa shape index (κ2) is 9.78. The monoisotopic (exact) mass is 309 g/mol. The molecule has 122 valence electrons. The SMILES string of the molecule is CCC(C)OCC(=O)Nc1ccc(OCCCC(=O)O)cc1. The van der Waals surface area contributed by atoms with Crippen LogP contribution in [0.25, 0.3) is 0 Å². The molecule has 1 atom stereocenters. The molecule has 6 nitrogen and oxygen atoms in total. The Morgan fingerprint density at radius 2 is 1.95 bits per heavy atom. The van der Waals surface area contributed by atoms with Crippen LogP contribution in [0.5, 0.6) is 5.75 Å². The lowest BCUT2D eigenvalue weighted by Crippen LogP contribution is -2.21. The molecule has 0 aliphatic rings. The predicted octanol–water partition coefficient (Wildman–Crippen LogP) is 2.68. The van der Waals surface area contributed by atoms with Crippen LogP contribution in [0.15, 0.2) is 24.3 Å². The third-order valence-corrected chi connectivity index (χ3v) is 3.02. The van der Waals surface area contributed by atoms with Gasteiger partial charge in [-0.15, -0.1) is 0 Å². The molecule has 0 aromatic heterocycles. The quantitative estimate of drug-likeness (QED) is 0.649. The summed E-state index contributed by atoms with van der Waals surface area (Å²) in [6.45, 7) is 4.30. The Morgan fingerprint density at radius 1 is 1.27 bits per heavy atom. The fourth-order valence-corrected chi connectivity index (χ4v) is 1.58. The number of aliphatic carboxylic acids is 1. The lowest BCUT2D eigenvalue weighted by atomic mass is 10.3. The number of carbonyl (C=O) groups excluding carboxylic acids is 1. The Labute approximate surface area is 130 Å². The van der Waals surface area contributed by atoms with E-state index >= 15 is 0 Å². The first-order valence-electron chi connectivity index (χ1n) is 7.37. The lowest BCUT2D eigenvalue weighted by Gasteiger charge is -2.11. The highest BCUT2D eigenvalue weighted by atomic mass is 16.5. The number of hydrogen-bond acceptors (Lipinski definition) is 4. The third kappa shape index (κ3) is 7.64. The molecule has 1 aromatic carbocycles. The van der Waals surface area contributed by atoms with Gasteiger partial charge in [-0.05, 0) is 44.0 Å². The van der Waals surface area contributed by atoms with Crippen molar-refractivity contribution in [3.63, 3.8) is 0 Å². The van der Waals surface area contributed by atoms with Crippen molar-refractivity contribution in [1.29, 1.82) is 0 Å². The van der Waals surface area contributed by atoms with Crippen molar-refractivity contribution in [2.45, 2.75) is 39.2 Å².